The fourth-order valence-corrected chi connectivity index (χ4v) is 1.69. The van der Waals surface area contributed by atoms with Crippen LogP contribution in [-0.2, 0) is 6.42 Å². The number of aliphatic hydroxyl groups excluding tert-OH is 1. The van der Waals surface area contributed by atoms with Gasteiger partial charge in [-0.15, -0.1) is 0 Å². The zero-order chi connectivity index (χ0) is 10.1. The predicted molar refractivity (Wildman–Crippen MR) is 49.6 cm³/mol. The molecule has 2 rings (SSSR count). The lowest BCUT2D eigenvalue weighted by Crippen LogP contribution is -2.17. The highest BCUT2D eigenvalue weighted by Crippen LogP contribution is 2.34. The van der Waals surface area contributed by atoms with E-state index in [9.17, 15) is 4.39 Å². The van der Waals surface area contributed by atoms with Gasteiger partial charge in [-0.3, -0.25) is 0 Å². The third-order valence-electron chi connectivity index (χ3n) is 2.41. The lowest BCUT2D eigenvalue weighted by molar-refractivity contribution is 0.260. The van der Waals surface area contributed by atoms with Gasteiger partial charge in [-0.25, -0.2) is 4.39 Å². The van der Waals surface area contributed by atoms with Gasteiger partial charge in [0, 0.05) is 12.0 Å². The van der Waals surface area contributed by atoms with Gasteiger partial charge < -0.3 is 15.6 Å². The third-order valence-corrected chi connectivity index (χ3v) is 2.41. The van der Waals surface area contributed by atoms with Crippen LogP contribution in [0.1, 0.15) is 17.2 Å². The van der Waals surface area contributed by atoms with Crippen LogP contribution in [-0.4, -0.2) is 18.3 Å². The van der Waals surface area contributed by atoms with E-state index in [0.29, 0.717) is 17.9 Å². The van der Waals surface area contributed by atoms with Crippen molar-refractivity contribution >= 4 is 0 Å². The van der Waals surface area contributed by atoms with Crippen LogP contribution in [0.5, 0.6) is 5.75 Å². The van der Waals surface area contributed by atoms with Crippen LogP contribution in [0.2, 0.25) is 0 Å². The van der Waals surface area contributed by atoms with E-state index < -0.39 is 11.9 Å². The van der Waals surface area contributed by atoms with Gasteiger partial charge in [-0.1, -0.05) is 6.07 Å². The number of hydrogen-bond acceptors (Lipinski definition) is 3. The number of benzene rings is 1. The molecule has 0 spiro atoms. The first-order valence-corrected chi connectivity index (χ1v) is 4.54. The first-order valence-electron chi connectivity index (χ1n) is 4.54. The molecule has 1 unspecified atom stereocenters. The van der Waals surface area contributed by atoms with Crippen LogP contribution in [0.25, 0.3) is 0 Å². The Kier molecular flexibility index (Phi) is 2.39. The van der Waals surface area contributed by atoms with E-state index >= 15 is 0 Å². The van der Waals surface area contributed by atoms with Gasteiger partial charge in [-0.2, -0.15) is 0 Å². The Balaban J connectivity index is 2.51. The quantitative estimate of drug-likeness (QED) is 0.735. The molecule has 0 aromatic heterocycles. The van der Waals surface area contributed by atoms with Crippen LogP contribution < -0.4 is 10.5 Å². The fourth-order valence-electron chi connectivity index (χ4n) is 1.69. The molecule has 76 valence electrons. The molecule has 1 aromatic rings. The molecule has 1 atom stereocenters. The van der Waals surface area contributed by atoms with Crippen molar-refractivity contribution in [3.05, 3.63) is 29.1 Å². The van der Waals surface area contributed by atoms with Crippen LogP contribution in [0, 0.1) is 5.82 Å². The normalized spacial score (nSPS) is 16.2. The molecule has 1 heterocycles. The van der Waals surface area contributed by atoms with Crippen molar-refractivity contribution in [2.75, 3.05) is 13.2 Å². The number of fused-ring (bicyclic) bond motifs is 1. The molecule has 0 amide bonds. The number of hydrogen-bond donors (Lipinski definition) is 2. The molecule has 0 fully saturated rings. The Hall–Kier alpha value is -1.13. The number of ether oxygens (including phenoxy) is 1. The number of rotatable bonds is 2. The molecule has 0 saturated heterocycles. The van der Waals surface area contributed by atoms with Crippen LogP contribution in [0.3, 0.4) is 0 Å². The molecule has 14 heavy (non-hydrogen) atoms. The van der Waals surface area contributed by atoms with E-state index in [1.807, 2.05) is 0 Å². The summed E-state index contributed by atoms with van der Waals surface area (Å²) in [6, 6.07) is 2.37. The largest absolute Gasteiger partial charge is 0.492 e. The highest BCUT2D eigenvalue weighted by molar-refractivity contribution is 5.46. The van der Waals surface area contributed by atoms with E-state index in [2.05, 4.69) is 0 Å². The second kappa shape index (κ2) is 3.55. The van der Waals surface area contributed by atoms with Crippen molar-refractivity contribution in [2.45, 2.75) is 12.5 Å². The molecule has 1 aromatic carbocycles. The van der Waals surface area contributed by atoms with Gasteiger partial charge in [0.25, 0.3) is 0 Å². The smallest absolute Gasteiger partial charge is 0.131 e. The van der Waals surface area contributed by atoms with Gasteiger partial charge >= 0.3 is 0 Å². The number of aliphatic hydroxyl groups is 1. The minimum absolute atomic E-state index is 0.281. The van der Waals surface area contributed by atoms with Crippen LogP contribution in [0.4, 0.5) is 4.39 Å². The van der Waals surface area contributed by atoms with E-state index in [1.54, 1.807) is 6.07 Å². The van der Waals surface area contributed by atoms with Crippen molar-refractivity contribution in [1.82, 2.24) is 0 Å². The molecule has 0 aliphatic carbocycles. The zero-order valence-corrected chi connectivity index (χ0v) is 7.66. The first-order chi connectivity index (χ1) is 6.74. The second-order valence-corrected chi connectivity index (χ2v) is 3.34. The topological polar surface area (TPSA) is 55.5 Å². The van der Waals surface area contributed by atoms with E-state index in [4.69, 9.17) is 15.6 Å². The fraction of sp³-hybridized carbons (Fsp3) is 0.400. The van der Waals surface area contributed by atoms with Crippen molar-refractivity contribution in [1.29, 1.82) is 0 Å². The number of halogens is 1. The molecule has 3 N–H and O–H groups in total. The maximum atomic E-state index is 13.4. The summed E-state index contributed by atoms with van der Waals surface area (Å²) in [4.78, 5) is 0. The minimum Gasteiger partial charge on any atom is -0.492 e. The van der Waals surface area contributed by atoms with Crippen LogP contribution >= 0.6 is 0 Å². The van der Waals surface area contributed by atoms with Gasteiger partial charge in [0.15, 0.2) is 0 Å². The monoisotopic (exact) mass is 197 g/mol. The standard InChI is InChI=1S/C10H12FNO2/c11-7-2-1-6-3-4-14-10(6)9(7)8(12)5-13/h1-2,8,13H,3-5,12H2. The highest BCUT2D eigenvalue weighted by atomic mass is 19.1. The Morgan fingerprint density at radius 1 is 1.57 bits per heavy atom. The van der Waals surface area contributed by atoms with E-state index in [1.165, 1.54) is 6.07 Å². The third kappa shape index (κ3) is 1.36. The zero-order valence-electron chi connectivity index (χ0n) is 7.66. The molecule has 4 heteroatoms. The van der Waals surface area contributed by atoms with Gasteiger partial charge in [-0.05, 0) is 11.6 Å². The van der Waals surface area contributed by atoms with Crippen molar-refractivity contribution in [3.8, 4) is 5.75 Å². The SMILES string of the molecule is NC(CO)c1c(F)ccc2c1OCC2. The summed E-state index contributed by atoms with van der Waals surface area (Å²) in [6.45, 7) is 0.278. The molecular weight excluding hydrogens is 185 g/mol. The summed E-state index contributed by atoms with van der Waals surface area (Å²) in [5.74, 6) is 0.110. The lowest BCUT2D eigenvalue weighted by Gasteiger charge is -2.13. The highest BCUT2D eigenvalue weighted by Gasteiger charge is 2.23. The minimum atomic E-state index is -0.706. The molecule has 1 aliphatic rings. The maximum Gasteiger partial charge on any atom is 0.131 e. The van der Waals surface area contributed by atoms with Gasteiger partial charge in [0.2, 0.25) is 0 Å². The average Bonchev–Trinajstić information content (AvgIpc) is 2.64. The summed E-state index contributed by atoms with van der Waals surface area (Å²) in [7, 11) is 0. The Morgan fingerprint density at radius 3 is 3.07 bits per heavy atom. The van der Waals surface area contributed by atoms with Crippen molar-refractivity contribution in [3.63, 3.8) is 0 Å². The first kappa shape index (κ1) is 9.43. The summed E-state index contributed by atoms with van der Waals surface area (Å²) in [6.07, 6.45) is 0.779. The van der Waals surface area contributed by atoms with Crippen molar-refractivity contribution in [2.24, 2.45) is 5.73 Å². The summed E-state index contributed by atoms with van der Waals surface area (Å²) < 4.78 is 18.7. The Bertz CT molecular complexity index is 354. The summed E-state index contributed by atoms with van der Waals surface area (Å²) in [5.41, 5.74) is 6.86. The lowest BCUT2D eigenvalue weighted by atomic mass is 10.0. The molecule has 0 radical (unpaired) electrons. The second-order valence-electron chi connectivity index (χ2n) is 3.34. The van der Waals surface area contributed by atoms with E-state index in [-0.39, 0.29) is 6.61 Å². The van der Waals surface area contributed by atoms with Gasteiger partial charge in [0.1, 0.15) is 11.6 Å². The molecule has 0 bridgehead atoms. The molecular formula is C10H12FNO2. The molecule has 0 saturated carbocycles. The Morgan fingerprint density at radius 2 is 2.36 bits per heavy atom. The summed E-state index contributed by atoms with van der Waals surface area (Å²) >= 11 is 0. The maximum absolute atomic E-state index is 13.4. The summed E-state index contributed by atoms with van der Waals surface area (Å²) in [5, 5.41) is 8.90. The van der Waals surface area contributed by atoms with Crippen molar-refractivity contribution < 1.29 is 14.2 Å². The van der Waals surface area contributed by atoms with Gasteiger partial charge in [0.05, 0.1) is 19.3 Å². The predicted octanol–water partition coefficient (Wildman–Crippen LogP) is 0.753. The average molecular weight is 197 g/mol. The van der Waals surface area contributed by atoms with E-state index in [0.717, 1.165) is 12.0 Å². The van der Waals surface area contributed by atoms with Crippen LogP contribution in [0.15, 0.2) is 12.1 Å². The number of nitrogens with two attached hydrogens (primary N) is 1. The Labute approximate surface area is 81.3 Å². The molecule has 1 aliphatic heterocycles. The molecule has 3 nitrogen and oxygen atoms in total.